The van der Waals surface area contributed by atoms with E-state index in [4.69, 9.17) is 0 Å². The number of thiazole rings is 1. The molecule has 0 aliphatic carbocycles. The van der Waals surface area contributed by atoms with Crippen molar-refractivity contribution in [2.45, 2.75) is 6.92 Å². The van der Waals surface area contributed by atoms with E-state index in [9.17, 15) is 8.42 Å². The summed E-state index contributed by atoms with van der Waals surface area (Å²) in [5.74, 6) is 0.472. The minimum atomic E-state index is -2.83. The quantitative estimate of drug-likeness (QED) is 0.854. The van der Waals surface area contributed by atoms with Gasteiger partial charge in [-0.25, -0.2) is 13.4 Å². The van der Waals surface area contributed by atoms with Crippen molar-refractivity contribution in [3.8, 4) is 10.6 Å². The van der Waals surface area contributed by atoms with Crippen LogP contribution in [0.2, 0.25) is 0 Å². The molecule has 0 bridgehead atoms. The lowest BCUT2D eigenvalue weighted by atomic mass is 10.4. The van der Waals surface area contributed by atoms with E-state index in [0.29, 0.717) is 13.1 Å². The zero-order valence-corrected chi connectivity index (χ0v) is 12.9. The zero-order valence-electron chi connectivity index (χ0n) is 10.5. The van der Waals surface area contributed by atoms with Gasteiger partial charge in [0.2, 0.25) is 0 Å². The van der Waals surface area contributed by atoms with Crippen molar-refractivity contribution in [1.29, 1.82) is 0 Å². The molecule has 1 fully saturated rings. The minimum absolute atomic E-state index is 0.236. The Bertz CT molecular complexity index is 673. The number of aryl methyl sites for hydroxylation is 1. The van der Waals surface area contributed by atoms with Crippen molar-refractivity contribution in [3.05, 3.63) is 22.4 Å². The second kappa shape index (κ2) is 4.88. The molecule has 1 aliphatic heterocycles. The van der Waals surface area contributed by atoms with E-state index in [1.54, 1.807) is 22.7 Å². The minimum Gasteiger partial charge on any atom is -0.346 e. The molecular formula is C12H14N2O2S3. The molecule has 3 rings (SSSR count). The number of hydrogen-bond acceptors (Lipinski definition) is 6. The number of nitrogens with zero attached hydrogens (tertiary/aromatic N) is 2. The molecule has 0 spiro atoms. The Hall–Kier alpha value is -0.920. The van der Waals surface area contributed by atoms with Crippen LogP contribution in [0.15, 0.2) is 17.5 Å². The molecule has 0 atom stereocenters. The second-order valence-electron chi connectivity index (χ2n) is 4.56. The summed E-state index contributed by atoms with van der Waals surface area (Å²) in [6, 6.07) is 4.17. The molecular weight excluding hydrogens is 300 g/mol. The first-order chi connectivity index (χ1) is 9.03. The van der Waals surface area contributed by atoms with E-state index in [-0.39, 0.29) is 11.5 Å². The molecule has 4 nitrogen and oxygen atoms in total. The lowest BCUT2D eigenvalue weighted by molar-refractivity contribution is 0.586. The smallest absolute Gasteiger partial charge is 0.185 e. The third-order valence-corrected chi connectivity index (χ3v) is 6.63. The predicted octanol–water partition coefficient (Wildman–Crippen LogP) is 2.41. The summed E-state index contributed by atoms with van der Waals surface area (Å²) in [5, 5.41) is 2.97. The van der Waals surface area contributed by atoms with Crippen LogP contribution in [-0.2, 0) is 9.84 Å². The lowest BCUT2D eigenvalue weighted by Crippen LogP contribution is -2.40. The topological polar surface area (TPSA) is 50.3 Å². The first kappa shape index (κ1) is 13.1. The highest BCUT2D eigenvalue weighted by Crippen LogP contribution is 2.32. The Labute approximate surface area is 120 Å². The summed E-state index contributed by atoms with van der Waals surface area (Å²) < 4.78 is 22.8. The Kier molecular flexibility index (Phi) is 3.36. The maximum Gasteiger partial charge on any atom is 0.185 e. The average molecular weight is 314 g/mol. The molecule has 2 aromatic heterocycles. The van der Waals surface area contributed by atoms with Crippen molar-refractivity contribution in [1.82, 2.24) is 4.98 Å². The van der Waals surface area contributed by atoms with E-state index in [0.717, 1.165) is 10.8 Å². The van der Waals surface area contributed by atoms with Crippen LogP contribution in [-0.4, -0.2) is 38.0 Å². The third-order valence-electron chi connectivity index (χ3n) is 3.10. The van der Waals surface area contributed by atoms with Crippen LogP contribution in [0.1, 0.15) is 4.88 Å². The largest absolute Gasteiger partial charge is 0.346 e. The molecule has 0 saturated carbocycles. The van der Waals surface area contributed by atoms with Gasteiger partial charge in [-0.15, -0.1) is 22.7 Å². The van der Waals surface area contributed by atoms with Gasteiger partial charge in [0.1, 0.15) is 0 Å². The van der Waals surface area contributed by atoms with Gasteiger partial charge in [-0.1, -0.05) is 0 Å². The van der Waals surface area contributed by atoms with E-state index in [1.807, 2.05) is 5.38 Å². The van der Waals surface area contributed by atoms with Gasteiger partial charge < -0.3 is 4.90 Å². The highest BCUT2D eigenvalue weighted by atomic mass is 32.2. The van der Waals surface area contributed by atoms with Crippen molar-refractivity contribution < 1.29 is 8.42 Å². The molecule has 1 saturated heterocycles. The van der Waals surface area contributed by atoms with Crippen molar-refractivity contribution in [2.75, 3.05) is 29.5 Å². The first-order valence-corrected chi connectivity index (χ1v) is 9.53. The SMILES string of the molecule is Cc1ccc(-c2csc(N3CCS(=O)(=O)CC3)n2)s1. The fourth-order valence-corrected chi connectivity index (χ4v) is 4.98. The van der Waals surface area contributed by atoms with Crippen LogP contribution in [0.5, 0.6) is 0 Å². The predicted molar refractivity (Wildman–Crippen MR) is 81.0 cm³/mol. The Morgan fingerprint density at radius 2 is 2.00 bits per heavy atom. The molecule has 0 N–H and O–H groups in total. The van der Waals surface area contributed by atoms with Crippen LogP contribution < -0.4 is 4.90 Å². The average Bonchev–Trinajstić information content (AvgIpc) is 2.97. The zero-order chi connectivity index (χ0) is 13.5. The Morgan fingerprint density at radius 1 is 1.26 bits per heavy atom. The molecule has 0 radical (unpaired) electrons. The molecule has 1 aliphatic rings. The van der Waals surface area contributed by atoms with Crippen LogP contribution >= 0.6 is 22.7 Å². The fourth-order valence-electron chi connectivity index (χ4n) is 2.00. The summed E-state index contributed by atoms with van der Waals surface area (Å²) in [4.78, 5) is 9.13. The number of rotatable bonds is 2. The van der Waals surface area contributed by atoms with E-state index < -0.39 is 9.84 Å². The number of aromatic nitrogens is 1. The van der Waals surface area contributed by atoms with Gasteiger partial charge in [-0.3, -0.25) is 0 Å². The summed E-state index contributed by atoms with van der Waals surface area (Å²) in [7, 11) is -2.83. The summed E-state index contributed by atoms with van der Waals surface area (Å²) in [6.45, 7) is 3.19. The highest BCUT2D eigenvalue weighted by molar-refractivity contribution is 7.91. The van der Waals surface area contributed by atoms with Gasteiger partial charge in [-0.2, -0.15) is 0 Å². The fraction of sp³-hybridized carbons (Fsp3) is 0.417. The lowest BCUT2D eigenvalue weighted by Gasteiger charge is -2.25. The summed E-state index contributed by atoms with van der Waals surface area (Å²) >= 11 is 3.32. The molecule has 7 heteroatoms. The first-order valence-electron chi connectivity index (χ1n) is 6.01. The normalized spacial score (nSPS) is 18.7. The van der Waals surface area contributed by atoms with Gasteiger partial charge >= 0.3 is 0 Å². The third kappa shape index (κ3) is 2.82. The van der Waals surface area contributed by atoms with E-state index in [2.05, 4.69) is 28.9 Å². The second-order valence-corrected chi connectivity index (χ2v) is 8.99. The van der Waals surface area contributed by atoms with Gasteiger partial charge in [0.25, 0.3) is 0 Å². The Balaban J connectivity index is 1.79. The molecule has 0 aromatic carbocycles. The molecule has 0 unspecified atom stereocenters. The summed E-state index contributed by atoms with van der Waals surface area (Å²) in [5.41, 5.74) is 0.992. The van der Waals surface area contributed by atoms with Gasteiger partial charge in [0.05, 0.1) is 22.1 Å². The van der Waals surface area contributed by atoms with Crippen LogP contribution in [0.4, 0.5) is 5.13 Å². The standard InChI is InChI=1S/C12H14N2O2S3/c1-9-2-3-11(18-9)10-8-17-12(13-10)14-4-6-19(15,16)7-5-14/h2-3,8H,4-7H2,1H3. The van der Waals surface area contributed by atoms with E-state index >= 15 is 0 Å². The van der Waals surface area contributed by atoms with Gasteiger partial charge in [0, 0.05) is 23.3 Å². The molecule has 2 aromatic rings. The number of anilines is 1. The van der Waals surface area contributed by atoms with Crippen LogP contribution in [0.25, 0.3) is 10.6 Å². The van der Waals surface area contributed by atoms with Crippen LogP contribution in [0, 0.1) is 6.92 Å². The molecule has 102 valence electrons. The Morgan fingerprint density at radius 3 is 2.63 bits per heavy atom. The number of sulfone groups is 1. The number of hydrogen-bond donors (Lipinski definition) is 0. The summed E-state index contributed by atoms with van der Waals surface area (Å²) in [6.07, 6.45) is 0. The molecule has 0 amide bonds. The van der Waals surface area contributed by atoms with Gasteiger partial charge in [-0.05, 0) is 19.1 Å². The van der Waals surface area contributed by atoms with Crippen molar-refractivity contribution in [3.63, 3.8) is 0 Å². The maximum atomic E-state index is 11.4. The van der Waals surface area contributed by atoms with Crippen LogP contribution in [0.3, 0.4) is 0 Å². The van der Waals surface area contributed by atoms with E-state index in [1.165, 1.54) is 9.75 Å². The van der Waals surface area contributed by atoms with Crippen molar-refractivity contribution >= 4 is 37.6 Å². The number of thiophene rings is 1. The van der Waals surface area contributed by atoms with Gasteiger partial charge in [0.15, 0.2) is 15.0 Å². The highest BCUT2D eigenvalue weighted by Gasteiger charge is 2.23. The monoisotopic (exact) mass is 314 g/mol. The van der Waals surface area contributed by atoms with Crippen molar-refractivity contribution in [2.24, 2.45) is 0 Å². The molecule has 3 heterocycles. The molecule has 19 heavy (non-hydrogen) atoms. The maximum absolute atomic E-state index is 11.4.